The van der Waals surface area contributed by atoms with Crippen LogP contribution < -0.4 is 4.72 Å². The lowest BCUT2D eigenvalue weighted by molar-refractivity contribution is 0.0597. The third kappa shape index (κ3) is 2.72. The molecule has 8 nitrogen and oxygen atoms in total. The van der Waals surface area contributed by atoms with Gasteiger partial charge in [0.1, 0.15) is 11.3 Å². The van der Waals surface area contributed by atoms with E-state index in [2.05, 4.69) is 19.4 Å². The number of aromatic nitrogens is 2. The Morgan fingerprint density at radius 2 is 2.20 bits per heavy atom. The van der Waals surface area contributed by atoms with Crippen molar-refractivity contribution in [3.8, 4) is 5.75 Å². The first-order chi connectivity index (χ1) is 9.44. The number of rotatable bonds is 4. The van der Waals surface area contributed by atoms with Crippen LogP contribution in [-0.4, -0.2) is 36.6 Å². The maximum Gasteiger partial charge on any atom is 0.341 e. The van der Waals surface area contributed by atoms with Gasteiger partial charge in [0.15, 0.2) is 0 Å². The van der Waals surface area contributed by atoms with E-state index in [1.165, 1.54) is 12.4 Å². The van der Waals surface area contributed by atoms with Crippen LogP contribution in [0.5, 0.6) is 5.75 Å². The molecule has 2 rings (SSSR count). The number of sulfonamides is 1. The van der Waals surface area contributed by atoms with Gasteiger partial charge in [-0.15, -0.1) is 0 Å². The maximum atomic E-state index is 12.1. The third-order valence-corrected chi connectivity index (χ3v) is 3.75. The number of aromatic hydroxyl groups is 1. The van der Waals surface area contributed by atoms with Crippen molar-refractivity contribution in [3.05, 3.63) is 36.2 Å². The molecular weight excluding hydrogens is 286 g/mol. The van der Waals surface area contributed by atoms with Gasteiger partial charge in [-0.2, -0.15) is 0 Å². The van der Waals surface area contributed by atoms with E-state index in [0.29, 0.717) is 0 Å². The van der Waals surface area contributed by atoms with Crippen molar-refractivity contribution in [2.75, 3.05) is 11.8 Å². The summed E-state index contributed by atoms with van der Waals surface area (Å²) in [4.78, 5) is 17.5. The molecule has 3 N–H and O–H groups in total. The molecule has 9 heteroatoms. The summed E-state index contributed by atoms with van der Waals surface area (Å²) in [7, 11) is -2.80. The molecule has 0 saturated carbocycles. The van der Waals surface area contributed by atoms with E-state index in [1.807, 2.05) is 0 Å². The van der Waals surface area contributed by atoms with Crippen molar-refractivity contribution >= 4 is 21.9 Å². The first-order valence-electron chi connectivity index (χ1n) is 5.37. The number of nitrogens with one attached hydrogen (secondary N) is 2. The number of phenols is 1. The lowest BCUT2D eigenvalue weighted by Crippen LogP contribution is -2.15. The Morgan fingerprint density at radius 1 is 1.45 bits per heavy atom. The molecule has 106 valence electrons. The molecule has 0 aliphatic carbocycles. The second kappa shape index (κ2) is 5.21. The largest absolute Gasteiger partial charge is 0.507 e. The molecule has 1 aromatic heterocycles. The molecule has 1 heterocycles. The Labute approximate surface area is 114 Å². The highest BCUT2D eigenvalue weighted by Crippen LogP contribution is 2.23. The monoisotopic (exact) mass is 297 g/mol. The summed E-state index contributed by atoms with van der Waals surface area (Å²) < 4.78 is 30.8. The first-order valence-corrected chi connectivity index (χ1v) is 6.86. The van der Waals surface area contributed by atoms with Crippen LogP contribution in [0.3, 0.4) is 0 Å². The zero-order valence-electron chi connectivity index (χ0n) is 10.3. The predicted molar refractivity (Wildman–Crippen MR) is 68.8 cm³/mol. The standard InChI is InChI=1S/C11H11N3O5S/c1-19-10(16)8-6-7(2-3-9(8)15)20(17,18)14-11-12-4-5-13-11/h2-6,15H,1H3,(H2,12,13,14). The van der Waals surface area contributed by atoms with Crippen LogP contribution in [0.1, 0.15) is 10.4 Å². The van der Waals surface area contributed by atoms with E-state index in [-0.39, 0.29) is 22.2 Å². The number of anilines is 1. The van der Waals surface area contributed by atoms with Gasteiger partial charge in [0.05, 0.1) is 12.0 Å². The van der Waals surface area contributed by atoms with Gasteiger partial charge in [-0.05, 0) is 18.2 Å². The van der Waals surface area contributed by atoms with Crippen molar-refractivity contribution in [1.29, 1.82) is 0 Å². The smallest absolute Gasteiger partial charge is 0.341 e. The van der Waals surface area contributed by atoms with Crippen molar-refractivity contribution in [2.24, 2.45) is 0 Å². The number of hydrogen-bond acceptors (Lipinski definition) is 6. The minimum atomic E-state index is -3.93. The number of carbonyl (C=O) groups is 1. The molecule has 0 radical (unpaired) electrons. The summed E-state index contributed by atoms with van der Waals surface area (Å²) in [5.74, 6) is -1.16. The second-order valence-corrected chi connectivity index (χ2v) is 5.40. The predicted octanol–water partition coefficient (Wildman–Crippen LogP) is 0.703. The Morgan fingerprint density at radius 3 is 2.80 bits per heavy atom. The molecule has 0 aliphatic heterocycles. The molecule has 20 heavy (non-hydrogen) atoms. The van der Waals surface area contributed by atoms with Crippen LogP contribution in [0, 0.1) is 0 Å². The summed E-state index contributed by atoms with van der Waals surface area (Å²) >= 11 is 0. The van der Waals surface area contributed by atoms with Gasteiger partial charge in [-0.25, -0.2) is 22.9 Å². The van der Waals surface area contributed by atoms with Gasteiger partial charge in [0, 0.05) is 12.4 Å². The van der Waals surface area contributed by atoms with Crippen LogP contribution in [0.25, 0.3) is 0 Å². The highest BCUT2D eigenvalue weighted by Gasteiger charge is 2.20. The fraction of sp³-hybridized carbons (Fsp3) is 0.0909. The van der Waals surface area contributed by atoms with Crippen molar-refractivity contribution < 1.29 is 23.1 Å². The van der Waals surface area contributed by atoms with Crippen LogP contribution in [-0.2, 0) is 14.8 Å². The Balaban J connectivity index is 2.40. The normalized spacial score (nSPS) is 11.1. The van der Waals surface area contributed by atoms with Crippen molar-refractivity contribution in [3.63, 3.8) is 0 Å². The number of methoxy groups -OCH3 is 1. The molecule has 0 spiro atoms. The van der Waals surface area contributed by atoms with Gasteiger partial charge in [-0.1, -0.05) is 0 Å². The van der Waals surface area contributed by atoms with E-state index in [9.17, 15) is 18.3 Å². The van der Waals surface area contributed by atoms with Crippen LogP contribution in [0.15, 0.2) is 35.5 Å². The number of H-pyrrole nitrogens is 1. The Kier molecular flexibility index (Phi) is 3.61. The highest BCUT2D eigenvalue weighted by atomic mass is 32.2. The zero-order valence-corrected chi connectivity index (χ0v) is 11.1. The number of benzene rings is 1. The average Bonchev–Trinajstić information content (AvgIpc) is 2.90. The summed E-state index contributed by atoms with van der Waals surface area (Å²) in [6.45, 7) is 0. The number of hydrogen-bond donors (Lipinski definition) is 3. The zero-order chi connectivity index (χ0) is 14.8. The fourth-order valence-corrected chi connectivity index (χ4v) is 2.47. The van der Waals surface area contributed by atoms with E-state index >= 15 is 0 Å². The maximum absolute atomic E-state index is 12.1. The molecule has 0 unspecified atom stereocenters. The molecule has 0 bridgehead atoms. The molecule has 2 aromatic rings. The lowest BCUT2D eigenvalue weighted by Gasteiger charge is -2.08. The van der Waals surface area contributed by atoms with E-state index in [0.717, 1.165) is 25.3 Å². The summed E-state index contributed by atoms with van der Waals surface area (Å²) in [5.41, 5.74) is -0.241. The molecule has 0 amide bonds. The van der Waals surface area contributed by atoms with Crippen molar-refractivity contribution in [1.82, 2.24) is 9.97 Å². The van der Waals surface area contributed by atoms with Crippen LogP contribution >= 0.6 is 0 Å². The number of aromatic amines is 1. The Hall–Kier alpha value is -2.55. The highest BCUT2D eigenvalue weighted by molar-refractivity contribution is 7.92. The van der Waals surface area contributed by atoms with Crippen molar-refractivity contribution in [2.45, 2.75) is 4.90 Å². The average molecular weight is 297 g/mol. The molecular formula is C11H11N3O5S. The summed E-state index contributed by atoms with van der Waals surface area (Å²) in [6.07, 6.45) is 2.84. The molecule has 0 saturated heterocycles. The SMILES string of the molecule is COC(=O)c1cc(S(=O)(=O)Nc2ncc[nH]2)ccc1O. The third-order valence-electron chi connectivity index (χ3n) is 2.41. The summed E-state index contributed by atoms with van der Waals surface area (Å²) in [6, 6.07) is 3.28. The van der Waals surface area contributed by atoms with Crippen LogP contribution in [0.2, 0.25) is 0 Å². The number of imidazole rings is 1. The topological polar surface area (TPSA) is 121 Å². The second-order valence-electron chi connectivity index (χ2n) is 3.71. The van der Waals surface area contributed by atoms with Gasteiger partial charge in [0.2, 0.25) is 5.95 Å². The number of phenolic OH excluding ortho intramolecular Hbond substituents is 1. The molecule has 0 aliphatic rings. The lowest BCUT2D eigenvalue weighted by atomic mass is 10.2. The van der Waals surface area contributed by atoms with Crippen LogP contribution in [0.4, 0.5) is 5.95 Å². The van der Waals surface area contributed by atoms with Gasteiger partial charge >= 0.3 is 5.97 Å². The number of ether oxygens (including phenoxy) is 1. The fourth-order valence-electron chi connectivity index (χ4n) is 1.46. The molecule has 0 atom stereocenters. The van der Waals surface area contributed by atoms with Gasteiger partial charge < -0.3 is 14.8 Å². The molecule has 1 aromatic carbocycles. The first kappa shape index (κ1) is 13.9. The minimum Gasteiger partial charge on any atom is -0.507 e. The van der Waals surface area contributed by atoms with E-state index in [1.54, 1.807) is 0 Å². The summed E-state index contributed by atoms with van der Waals surface area (Å²) in [5, 5.41) is 9.52. The number of esters is 1. The number of carbonyl (C=O) groups excluding carboxylic acids is 1. The van der Waals surface area contributed by atoms with E-state index in [4.69, 9.17) is 0 Å². The van der Waals surface area contributed by atoms with E-state index < -0.39 is 16.0 Å². The minimum absolute atomic E-state index is 0.0395. The van der Waals surface area contributed by atoms with Gasteiger partial charge in [-0.3, -0.25) is 0 Å². The van der Waals surface area contributed by atoms with Gasteiger partial charge in [0.25, 0.3) is 10.0 Å². The molecule has 0 fully saturated rings. The number of nitrogens with zero attached hydrogens (tertiary/aromatic N) is 1. The Bertz CT molecular complexity index is 725. The quantitative estimate of drug-likeness (QED) is 0.714.